The van der Waals surface area contributed by atoms with Gasteiger partial charge in [-0.05, 0) is 31.4 Å². The third kappa shape index (κ3) is 4.36. The Morgan fingerprint density at radius 3 is 2.27 bits per heavy atom. The van der Waals surface area contributed by atoms with Crippen molar-refractivity contribution in [1.29, 1.82) is 0 Å². The highest BCUT2D eigenvalue weighted by molar-refractivity contribution is 6.23. The van der Waals surface area contributed by atoms with Gasteiger partial charge in [0.1, 0.15) is 18.3 Å². The topological polar surface area (TPSA) is 138 Å². The molecule has 0 aromatic carbocycles. The molecule has 0 radical (unpaired) electrons. The van der Waals surface area contributed by atoms with Crippen molar-refractivity contribution in [3.8, 4) is 0 Å². The van der Waals surface area contributed by atoms with Gasteiger partial charge in [0.15, 0.2) is 11.7 Å². The molecular weight excluding hydrogens is 508 g/mol. The highest BCUT2D eigenvalue weighted by Crippen LogP contribution is 2.62. The molecule has 10 nitrogen and oxygen atoms in total. The van der Waals surface area contributed by atoms with Gasteiger partial charge in [-0.2, -0.15) is 0 Å². The molecule has 2 aliphatic heterocycles. The van der Waals surface area contributed by atoms with Crippen molar-refractivity contribution in [2.24, 2.45) is 17.3 Å². The zero-order chi connectivity index (χ0) is 27.5. The van der Waals surface area contributed by atoms with Crippen LogP contribution in [-0.4, -0.2) is 76.6 Å². The molecule has 0 amide bonds. The molecule has 0 aromatic rings. The van der Waals surface area contributed by atoms with Gasteiger partial charge in [-0.3, -0.25) is 19.2 Å². The van der Waals surface area contributed by atoms with Crippen LogP contribution in [0.25, 0.3) is 0 Å². The minimum Gasteiger partial charge on any atom is -0.462 e. The van der Waals surface area contributed by atoms with E-state index in [4.69, 9.17) is 35.3 Å². The third-order valence-corrected chi connectivity index (χ3v) is 8.90. The first-order valence-electron chi connectivity index (χ1n) is 12.3. The fraction of sp³-hybridized carbons (Fsp3) is 0.692. The minimum atomic E-state index is -2.12. The number of ether oxygens (including phenoxy) is 5. The van der Waals surface area contributed by atoms with Crippen molar-refractivity contribution in [2.45, 2.75) is 88.5 Å². The van der Waals surface area contributed by atoms with E-state index >= 15 is 0 Å². The first-order chi connectivity index (χ1) is 17.2. The van der Waals surface area contributed by atoms with E-state index in [2.05, 4.69) is 6.58 Å². The van der Waals surface area contributed by atoms with E-state index < -0.39 is 82.1 Å². The highest BCUT2D eigenvalue weighted by atomic mass is 35.5. The maximum absolute atomic E-state index is 12.9. The zero-order valence-corrected chi connectivity index (χ0v) is 22.3. The van der Waals surface area contributed by atoms with Crippen LogP contribution in [0.5, 0.6) is 0 Å². The summed E-state index contributed by atoms with van der Waals surface area (Å²) in [6.07, 6.45) is -0.716. The molecule has 204 valence electrons. The van der Waals surface area contributed by atoms with Gasteiger partial charge in [0.25, 0.3) is 0 Å². The number of epoxide rings is 1. The van der Waals surface area contributed by atoms with Crippen molar-refractivity contribution in [1.82, 2.24) is 0 Å². The van der Waals surface area contributed by atoms with E-state index in [9.17, 15) is 24.3 Å². The summed E-state index contributed by atoms with van der Waals surface area (Å²) in [5.41, 5.74) is -4.05. The maximum atomic E-state index is 12.9. The van der Waals surface area contributed by atoms with Crippen LogP contribution in [-0.2, 0) is 42.9 Å². The molecule has 37 heavy (non-hydrogen) atoms. The molecule has 4 rings (SSSR count). The number of carbonyl (C=O) groups is 4. The Morgan fingerprint density at radius 2 is 1.73 bits per heavy atom. The summed E-state index contributed by atoms with van der Waals surface area (Å²) >= 11 is 6.70. The van der Waals surface area contributed by atoms with Crippen molar-refractivity contribution in [3.05, 3.63) is 24.3 Å². The molecule has 0 aromatic heterocycles. The molecule has 4 aliphatic rings. The zero-order valence-electron chi connectivity index (χ0n) is 21.5. The van der Waals surface area contributed by atoms with E-state index in [0.717, 1.165) is 0 Å². The lowest BCUT2D eigenvalue weighted by Gasteiger charge is -2.56. The molecule has 2 aliphatic carbocycles. The van der Waals surface area contributed by atoms with Gasteiger partial charge in [-0.25, -0.2) is 0 Å². The number of hydrogen-bond donors (Lipinski definition) is 1. The molecular formula is C26H33ClO10. The Morgan fingerprint density at radius 1 is 1.14 bits per heavy atom. The first-order valence-corrected chi connectivity index (χ1v) is 12.7. The van der Waals surface area contributed by atoms with Crippen molar-refractivity contribution in [2.75, 3.05) is 6.61 Å². The van der Waals surface area contributed by atoms with Gasteiger partial charge in [0.05, 0.1) is 28.9 Å². The van der Waals surface area contributed by atoms with Gasteiger partial charge in [0, 0.05) is 26.7 Å². The summed E-state index contributed by atoms with van der Waals surface area (Å²) in [5, 5.41) is 11.3. The van der Waals surface area contributed by atoms with Crippen molar-refractivity contribution >= 4 is 35.5 Å². The van der Waals surface area contributed by atoms with Crippen LogP contribution in [0.1, 0.15) is 47.5 Å². The van der Waals surface area contributed by atoms with Crippen LogP contribution >= 0.6 is 11.6 Å². The summed E-state index contributed by atoms with van der Waals surface area (Å²) in [5.74, 6) is -4.66. The molecule has 1 saturated carbocycles. The second-order valence-corrected chi connectivity index (χ2v) is 11.2. The number of hydrogen-bond acceptors (Lipinski definition) is 10. The van der Waals surface area contributed by atoms with E-state index in [-0.39, 0.29) is 12.2 Å². The quantitative estimate of drug-likeness (QED) is 0.245. The average Bonchev–Trinajstić information content (AvgIpc) is 3.53. The maximum Gasteiger partial charge on any atom is 0.312 e. The third-order valence-electron chi connectivity index (χ3n) is 8.39. The van der Waals surface area contributed by atoms with Crippen LogP contribution in [0.4, 0.5) is 0 Å². The molecule has 0 bridgehead atoms. The lowest BCUT2D eigenvalue weighted by atomic mass is 9.53. The fourth-order valence-electron chi connectivity index (χ4n) is 6.49. The molecule has 1 spiro atoms. The Hall–Kier alpha value is -2.43. The molecule has 10 atom stereocenters. The Kier molecular flexibility index (Phi) is 7.01. The average molecular weight is 541 g/mol. The monoisotopic (exact) mass is 540 g/mol. The number of fused-ring (bicyclic) bond motifs is 3. The summed E-state index contributed by atoms with van der Waals surface area (Å²) in [6.45, 7) is 11.1. The largest absolute Gasteiger partial charge is 0.462 e. The predicted molar refractivity (Wildman–Crippen MR) is 128 cm³/mol. The molecule has 2 saturated heterocycles. The van der Waals surface area contributed by atoms with Gasteiger partial charge < -0.3 is 28.8 Å². The molecule has 1 N–H and O–H groups in total. The number of aliphatic hydroxyl groups is 1. The second-order valence-electron chi connectivity index (χ2n) is 10.7. The van der Waals surface area contributed by atoms with E-state index in [1.165, 1.54) is 33.8 Å². The van der Waals surface area contributed by atoms with Crippen LogP contribution in [0.15, 0.2) is 24.3 Å². The normalized spacial score (nSPS) is 45.6. The minimum absolute atomic E-state index is 0.259. The molecule has 0 unspecified atom stereocenters. The standard InChI is InChI=1S/C26H33ClO10/c1-12-7-8-17(34-14(3)28)24(6)18(35-15(4)29)9-10-25(11-33-25)20(24)22(36-16(5)30)26(32)13(2)23(31)37-21(26)19(12)27/h7-8,13,17-22,32H,1,9-11H2,2-6H3/b8-7+/t13-,17-,18-,19-,20+,21+,22-,24-,25+,26-/m0/s1. The van der Waals surface area contributed by atoms with E-state index in [0.29, 0.717) is 12.8 Å². The predicted octanol–water partition coefficient (Wildman–Crippen LogP) is 1.99. The number of carbonyl (C=O) groups excluding carboxylic acids is 4. The number of halogens is 1. The fourth-order valence-corrected chi connectivity index (χ4v) is 6.82. The highest BCUT2D eigenvalue weighted by Gasteiger charge is 2.75. The number of alkyl halides is 1. The number of allylic oxidation sites excluding steroid dienone is 1. The van der Waals surface area contributed by atoms with Crippen molar-refractivity contribution in [3.63, 3.8) is 0 Å². The Labute approximate surface area is 220 Å². The van der Waals surface area contributed by atoms with Gasteiger partial charge in [-0.15, -0.1) is 11.6 Å². The number of rotatable bonds is 3. The summed E-state index contributed by atoms with van der Waals surface area (Å²) in [7, 11) is 0. The summed E-state index contributed by atoms with van der Waals surface area (Å²) < 4.78 is 29.0. The van der Waals surface area contributed by atoms with Gasteiger partial charge >= 0.3 is 23.9 Å². The molecule has 2 heterocycles. The Bertz CT molecular complexity index is 1050. The van der Waals surface area contributed by atoms with E-state index in [1.54, 1.807) is 13.0 Å². The van der Waals surface area contributed by atoms with Crippen LogP contribution in [0.3, 0.4) is 0 Å². The van der Waals surface area contributed by atoms with Crippen molar-refractivity contribution < 1.29 is 48.0 Å². The lowest BCUT2D eigenvalue weighted by molar-refractivity contribution is -0.238. The van der Waals surface area contributed by atoms with Gasteiger partial charge in [-0.1, -0.05) is 19.6 Å². The van der Waals surface area contributed by atoms with Crippen LogP contribution in [0, 0.1) is 17.3 Å². The van der Waals surface area contributed by atoms with Gasteiger partial charge in [0.2, 0.25) is 0 Å². The molecule has 3 fully saturated rings. The second kappa shape index (κ2) is 9.39. The molecule has 11 heteroatoms. The smallest absolute Gasteiger partial charge is 0.312 e. The Balaban J connectivity index is 2.04. The van der Waals surface area contributed by atoms with Crippen LogP contribution in [0.2, 0.25) is 0 Å². The SMILES string of the molecule is C=C1/C=C/[C@H](OC(C)=O)[C@@]2(C)[C@@H](OC(C)=O)CC[C@@]3(CO3)[C@@H]2[C@H](OC(C)=O)[C@@]2(O)[C@H](OC(=O)[C@@H]2C)[C@H]1Cl. The van der Waals surface area contributed by atoms with E-state index in [1.807, 2.05) is 0 Å². The lowest BCUT2D eigenvalue weighted by Crippen LogP contribution is -2.70. The number of esters is 4. The first kappa shape index (κ1) is 27.6. The summed E-state index contributed by atoms with van der Waals surface area (Å²) in [6, 6.07) is 0. The summed E-state index contributed by atoms with van der Waals surface area (Å²) in [4.78, 5) is 49.9. The van der Waals surface area contributed by atoms with Crippen LogP contribution < -0.4 is 0 Å².